The van der Waals surface area contributed by atoms with Crippen LogP contribution in [0.5, 0.6) is 0 Å². The van der Waals surface area contributed by atoms with Crippen molar-refractivity contribution >= 4 is 65.3 Å². The Kier molecular flexibility index (Phi) is 13.9. The van der Waals surface area contributed by atoms with Gasteiger partial charge >= 0.3 is 6.09 Å². The molecule has 10 rings (SSSR count). The van der Waals surface area contributed by atoms with Crippen LogP contribution in [0.2, 0.25) is 0 Å². The van der Waals surface area contributed by atoms with Gasteiger partial charge in [0.25, 0.3) is 11.8 Å². The van der Waals surface area contributed by atoms with Crippen molar-refractivity contribution in [2.24, 2.45) is 11.8 Å². The topological polar surface area (TPSA) is 187 Å². The van der Waals surface area contributed by atoms with E-state index in [2.05, 4.69) is 47.7 Å². The fourth-order valence-corrected chi connectivity index (χ4v) is 10.3. The number of ether oxygens (including phenoxy) is 1. The second-order valence-corrected chi connectivity index (χ2v) is 19.8. The largest absolute Gasteiger partial charge is 0.444 e. The highest BCUT2D eigenvalue weighted by molar-refractivity contribution is 6.06. The lowest BCUT2D eigenvalue weighted by atomic mass is 9.99. The highest BCUT2D eigenvalue weighted by atomic mass is 35.5. The third-order valence-corrected chi connectivity index (χ3v) is 14.0. The number of fused-ring (bicyclic) bond motifs is 2. The van der Waals surface area contributed by atoms with E-state index in [1.54, 1.807) is 14.7 Å². The Hall–Kier alpha value is -5.30. The maximum atomic E-state index is 12.9. The predicted octanol–water partition coefficient (Wildman–Crippen LogP) is 1.65. The summed E-state index contributed by atoms with van der Waals surface area (Å²) in [5.74, 6) is -0.259. The molecule has 6 fully saturated rings. The van der Waals surface area contributed by atoms with Crippen molar-refractivity contribution in [1.29, 1.82) is 0 Å². The van der Waals surface area contributed by atoms with Crippen molar-refractivity contribution in [3.63, 3.8) is 0 Å². The van der Waals surface area contributed by atoms with E-state index in [9.17, 15) is 33.6 Å². The summed E-state index contributed by atoms with van der Waals surface area (Å²) in [7, 11) is 0. The van der Waals surface area contributed by atoms with Crippen LogP contribution in [0.4, 0.5) is 16.2 Å². The molecule has 0 radical (unpaired) electrons. The number of hydrogen-bond donors (Lipinski definition) is 3. The molecule has 19 heteroatoms. The highest BCUT2D eigenvalue weighted by Gasteiger charge is 2.41. The van der Waals surface area contributed by atoms with E-state index in [0.717, 1.165) is 114 Å². The molecule has 8 heterocycles. The number of piperazine rings is 2. The minimum absolute atomic E-state index is 0. The SMILES string of the molecule is CC(C)(C)OC(=O)N1CC(CN2CCN(c3ccc4c(c3)CN(C3CCC(=O)NC3=O)C4=O)CC2)C1.Cl.O=C1CCC(N2Cc3cc(N4CCN(CC5CNC5)CC4)ccc3C2=O)C(=O)N1. The first-order valence-corrected chi connectivity index (χ1v) is 23.3. The predicted molar refractivity (Wildman–Crippen MR) is 247 cm³/mol. The summed E-state index contributed by atoms with van der Waals surface area (Å²) < 4.78 is 5.44. The van der Waals surface area contributed by atoms with Gasteiger partial charge in [0, 0.05) is 146 Å². The van der Waals surface area contributed by atoms with Crippen LogP contribution in [-0.4, -0.2) is 175 Å². The number of nitrogens with zero attached hydrogens (tertiary/aromatic N) is 7. The van der Waals surface area contributed by atoms with E-state index in [4.69, 9.17) is 4.74 Å². The summed E-state index contributed by atoms with van der Waals surface area (Å²) in [6.45, 7) is 20.2. The van der Waals surface area contributed by atoms with Crippen LogP contribution >= 0.6 is 12.4 Å². The third kappa shape index (κ3) is 10.3. The van der Waals surface area contributed by atoms with E-state index >= 15 is 0 Å². The smallest absolute Gasteiger partial charge is 0.410 e. The van der Waals surface area contributed by atoms with Crippen molar-refractivity contribution in [2.75, 3.05) is 101 Å². The van der Waals surface area contributed by atoms with Gasteiger partial charge in [0.15, 0.2) is 0 Å². The lowest BCUT2D eigenvalue weighted by Crippen LogP contribution is -2.57. The Bertz CT molecular complexity index is 2230. The molecule has 0 aromatic heterocycles. The second kappa shape index (κ2) is 19.5. The van der Waals surface area contributed by atoms with Gasteiger partial charge in [-0.2, -0.15) is 0 Å². The maximum Gasteiger partial charge on any atom is 0.410 e. The molecule has 356 valence electrons. The Morgan fingerprint density at radius 2 is 1.08 bits per heavy atom. The maximum absolute atomic E-state index is 12.9. The lowest BCUT2D eigenvalue weighted by molar-refractivity contribution is -0.138. The van der Waals surface area contributed by atoms with Crippen LogP contribution in [0, 0.1) is 11.8 Å². The molecule has 0 spiro atoms. The van der Waals surface area contributed by atoms with Gasteiger partial charge in [-0.05, 0) is 87.1 Å². The highest BCUT2D eigenvalue weighted by Crippen LogP contribution is 2.33. The number of piperidine rings is 2. The number of carbonyl (C=O) groups excluding carboxylic acids is 7. The summed E-state index contributed by atoms with van der Waals surface area (Å²) in [6, 6.07) is 10.8. The van der Waals surface area contributed by atoms with Crippen LogP contribution in [-0.2, 0) is 37.0 Å². The molecule has 7 amide bonds. The van der Waals surface area contributed by atoms with Gasteiger partial charge < -0.3 is 34.6 Å². The number of rotatable bonds is 8. The van der Waals surface area contributed by atoms with Gasteiger partial charge in [-0.25, -0.2) is 4.79 Å². The number of likely N-dealkylation sites (tertiary alicyclic amines) is 1. The molecule has 0 aliphatic carbocycles. The van der Waals surface area contributed by atoms with Crippen LogP contribution < -0.4 is 25.8 Å². The first-order chi connectivity index (χ1) is 31.2. The Labute approximate surface area is 392 Å². The zero-order valence-corrected chi connectivity index (χ0v) is 39.0. The van der Waals surface area contributed by atoms with E-state index in [1.807, 2.05) is 45.0 Å². The zero-order chi connectivity index (χ0) is 45.6. The quantitative estimate of drug-likeness (QED) is 0.325. The summed E-state index contributed by atoms with van der Waals surface area (Å²) >= 11 is 0. The minimum atomic E-state index is -0.590. The van der Waals surface area contributed by atoms with E-state index in [1.165, 1.54) is 6.54 Å². The molecule has 66 heavy (non-hydrogen) atoms. The third-order valence-electron chi connectivity index (χ3n) is 14.0. The van der Waals surface area contributed by atoms with Gasteiger partial charge in [0.2, 0.25) is 23.6 Å². The number of halogens is 1. The lowest BCUT2D eigenvalue weighted by Gasteiger charge is -2.44. The number of anilines is 2. The first kappa shape index (κ1) is 47.2. The van der Waals surface area contributed by atoms with Crippen molar-refractivity contribution < 1.29 is 38.3 Å². The van der Waals surface area contributed by atoms with Gasteiger partial charge in [0.05, 0.1) is 0 Å². The Balaban J connectivity index is 0.000000180. The van der Waals surface area contributed by atoms with E-state index < -0.39 is 17.7 Å². The van der Waals surface area contributed by atoms with E-state index in [-0.39, 0.29) is 66.8 Å². The first-order valence-electron chi connectivity index (χ1n) is 23.3. The standard InChI is InChI=1S/C26H35N5O5.C21H27N5O3.ClH/c1-26(2,3)36-25(35)30-14-17(15-30)13-28-8-10-29(11-9-28)19-4-5-20-18(12-19)16-31(24(20)34)21-6-7-22(32)27-23(21)33;27-19-4-3-18(20(28)23-19)26-13-15-9-16(1-2-17(15)21(26)29)25-7-5-24(6-8-25)12-14-10-22-11-14;/h4-5,12,17,21H,6-11,13-16H2,1-3H3,(H,27,32,33);1-2,9,14,18,22H,3-8,10-13H2,(H,23,27,28);1H. The molecule has 2 unspecified atom stereocenters. The number of benzene rings is 2. The molecule has 0 bridgehead atoms. The van der Waals surface area contributed by atoms with Gasteiger partial charge in [-0.3, -0.25) is 49.2 Å². The molecule has 8 aliphatic rings. The molecule has 18 nitrogen and oxygen atoms in total. The summed E-state index contributed by atoms with van der Waals surface area (Å²) in [4.78, 5) is 100.0. The van der Waals surface area contributed by atoms with Crippen molar-refractivity contribution in [2.45, 2.75) is 77.2 Å². The zero-order valence-electron chi connectivity index (χ0n) is 38.2. The normalized spacial score (nSPS) is 24.1. The van der Waals surface area contributed by atoms with Crippen molar-refractivity contribution in [1.82, 2.24) is 40.4 Å². The molecule has 2 aromatic carbocycles. The minimum Gasteiger partial charge on any atom is -0.444 e. The van der Waals surface area contributed by atoms with Crippen molar-refractivity contribution in [3.05, 3.63) is 58.7 Å². The monoisotopic (exact) mass is 930 g/mol. The summed E-state index contributed by atoms with van der Waals surface area (Å²) in [5.41, 5.74) is 4.99. The number of hydrogen-bond acceptors (Lipinski definition) is 13. The molecule has 0 saturated carbocycles. The molecule has 2 atom stereocenters. The number of imide groups is 2. The molecule has 6 saturated heterocycles. The van der Waals surface area contributed by atoms with Gasteiger partial charge in [-0.15, -0.1) is 12.4 Å². The number of carbonyl (C=O) groups is 7. The summed E-state index contributed by atoms with van der Waals surface area (Å²) in [5, 5.41) is 8.04. The van der Waals surface area contributed by atoms with Gasteiger partial charge in [0.1, 0.15) is 17.7 Å². The molecule has 2 aromatic rings. The second-order valence-electron chi connectivity index (χ2n) is 19.8. The van der Waals surface area contributed by atoms with Crippen molar-refractivity contribution in [3.8, 4) is 0 Å². The van der Waals surface area contributed by atoms with Crippen LogP contribution in [0.15, 0.2) is 36.4 Å². The molecular formula is C47H63ClN10O8. The Morgan fingerprint density at radius 1 is 0.636 bits per heavy atom. The van der Waals surface area contributed by atoms with Crippen LogP contribution in [0.1, 0.15) is 78.3 Å². The average molecular weight is 932 g/mol. The molecular weight excluding hydrogens is 868 g/mol. The number of nitrogens with one attached hydrogen (secondary N) is 3. The Morgan fingerprint density at radius 3 is 1.47 bits per heavy atom. The molecule has 8 aliphatic heterocycles. The van der Waals surface area contributed by atoms with Crippen LogP contribution in [0.3, 0.4) is 0 Å². The fourth-order valence-electron chi connectivity index (χ4n) is 10.3. The summed E-state index contributed by atoms with van der Waals surface area (Å²) in [6.07, 6.45) is 1.08. The van der Waals surface area contributed by atoms with Gasteiger partial charge in [-0.1, -0.05) is 0 Å². The fraction of sp³-hybridized carbons (Fsp3) is 0.596. The van der Waals surface area contributed by atoms with Crippen LogP contribution in [0.25, 0.3) is 0 Å². The average Bonchev–Trinajstić information content (AvgIpc) is 3.75. The van der Waals surface area contributed by atoms with E-state index in [0.29, 0.717) is 43.0 Å². The number of amides is 7. The molecule has 3 N–H and O–H groups in total.